The first-order valence-corrected chi connectivity index (χ1v) is 7.12. The summed E-state index contributed by atoms with van der Waals surface area (Å²) in [6, 6.07) is 4.20. The Morgan fingerprint density at radius 2 is 2.15 bits per heavy atom. The van der Waals surface area contributed by atoms with E-state index in [0.29, 0.717) is 18.3 Å². The minimum atomic E-state index is -4.70. The van der Waals surface area contributed by atoms with Gasteiger partial charge in [-0.1, -0.05) is 0 Å². The zero-order valence-corrected chi connectivity index (χ0v) is 12.3. The van der Waals surface area contributed by atoms with Crippen molar-refractivity contribution in [2.45, 2.75) is 19.2 Å². The van der Waals surface area contributed by atoms with Gasteiger partial charge in [-0.2, -0.15) is 0 Å². The summed E-state index contributed by atoms with van der Waals surface area (Å²) >= 11 is 3.05. The van der Waals surface area contributed by atoms with Gasteiger partial charge in [0.05, 0.1) is 11.1 Å². The molecule has 0 aromatic heterocycles. The number of alkyl halides is 3. The standard InChI is InChI=1S/C13H15BrF3NO2/c14-11-6-10(3-4-12(11)20-13(15,16)17)19-8-9-2-1-5-18-7-9/h3-4,6,9,18H,1-2,5,7-8H2. The molecule has 1 saturated heterocycles. The fourth-order valence-corrected chi connectivity index (χ4v) is 2.50. The number of hydrogen-bond donors (Lipinski definition) is 1. The SMILES string of the molecule is FC(F)(F)Oc1ccc(OCC2CCCNC2)cc1Br. The van der Waals surface area contributed by atoms with Crippen LogP contribution >= 0.6 is 15.9 Å². The molecule has 7 heteroatoms. The van der Waals surface area contributed by atoms with E-state index in [4.69, 9.17) is 4.74 Å². The third kappa shape index (κ3) is 4.86. The van der Waals surface area contributed by atoms with Crippen molar-refractivity contribution in [2.75, 3.05) is 19.7 Å². The Kier molecular flexibility index (Phi) is 5.15. The third-order valence-corrected chi connectivity index (χ3v) is 3.63. The van der Waals surface area contributed by atoms with Crippen LogP contribution in [0.1, 0.15) is 12.8 Å². The van der Waals surface area contributed by atoms with Crippen molar-refractivity contribution in [2.24, 2.45) is 5.92 Å². The molecular weight excluding hydrogens is 339 g/mol. The molecule has 0 saturated carbocycles. The van der Waals surface area contributed by atoms with E-state index in [1.54, 1.807) is 0 Å². The van der Waals surface area contributed by atoms with Gasteiger partial charge >= 0.3 is 6.36 Å². The second kappa shape index (κ2) is 6.67. The smallest absolute Gasteiger partial charge is 0.493 e. The molecule has 0 amide bonds. The lowest BCUT2D eigenvalue weighted by molar-refractivity contribution is -0.274. The maximum atomic E-state index is 12.1. The van der Waals surface area contributed by atoms with Gasteiger partial charge in [0.2, 0.25) is 0 Å². The fraction of sp³-hybridized carbons (Fsp3) is 0.538. The number of hydrogen-bond acceptors (Lipinski definition) is 3. The average molecular weight is 354 g/mol. The normalized spacial score (nSPS) is 19.7. The predicted molar refractivity (Wildman–Crippen MR) is 71.9 cm³/mol. The molecule has 1 atom stereocenters. The lowest BCUT2D eigenvalue weighted by Gasteiger charge is -2.22. The van der Waals surface area contributed by atoms with Gasteiger partial charge in [-0.15, -0.1) is 13.2 Å². The zero-order chi connectivity index (χ0) is 14.6. The molecule has 0 spiro atoms. The maximum absolute atomic E-state index is 12.1. The highest BCUT2D eigenvalue weighted by Crippen LogP contribution is 2.33. The molecule has 0 aliphatic carbocycles. The van der Waals surface area contributed by atoms with Crippen LogP contribution in [0.15, 0.2) is 22.7 Å². The van der Waals surface area contributed by atoms with Crippen LogP contribution in [-0.2, 0) is 0 Å². The van der Waals surface area contributed by atoms with E-state index >= 15 is 0 Å². The van der Waals surface area contributed by atoms with Gasteiger partial charge in [0.1, 0.15) is 11.5 Å². The van der Waals surface area contributed by atoms with E-state index in [0.717, 1.165) is 25.9 Å². The van der Waals surface area contributed by atoms with Crippen molar-refractivity contribution < 1.29 is 22.6 Å². The predicted octanol–water partition coefficient (Wildman–Crippen LogP) is 3.73. The first kappa shape index (κ1) is 15.4. The molecule has 2 rings (SSSR count). The summed E-state index contributed by atoms with van der Waals surface area (Å²) in [5.74, 6) is 0.690. The van der Waals surface area contributed by atoms with Gasteiger partial charge in [-0.05, 0) is 53.5 Å². The van der Waals surface area contributed by atoms with Crippen molar-refractivity contribution >= 4 is 15.9 Å². The Hall–Kier alpha value is -0.950. The van der Waals surface area contributed by atoms with Crippen molar-refractivity contribution in [3.8, 4) is 11.5 Å². The summed E-state index contributed by atoms with van der Waals surface area (Å²) < 4.78 is 46.1. The van der Waals surface area contributed by atoms with E-state index < -0.39 is 6.36 Å². The second-order valence-corrected chi connectivity index (χ2v) is 5.52. The number of nitrogens with one attached hydrogen (secondary N) is 1. The number of rotatable bonds is 4. The number of benzene rings is 1. The van der Waals surface area contributed by atoms with Crippen LogP contribution in [0.2, 0.25) is 0 Å². The highest BCUT2D eigenvalue weighted by atomic mass is 79.9. The molecule has 112 valence electrons. The Morgan fingerprint density at radius 3 is 2.75 bits per heavy atom. The Bertz CT molecular complexity index is 448. The second-order valence-electron chi connectivity index (χ2n) is 4.66. The van der Waals surface area contributed by atoms with Crippen molar-refractivity contribution in [1.29, 1.82) is 0 Å². The lowest BCUT2D eigenvalue weighted by Crippen LogP contribution is -2.33. The van der Waals surface area contributed by atoms with Crippen LogP contribution in [0.3, 0.4) is 0 Å². The Balaban J connectivity index is 1.91. The first-order valence-electron chi connectivity index (χ1n) is 6.33. The Labute approximate surface area is 123 Å². The summed E-state index contributed by atoms with van der Waals surface area (Å²) in [4.78, 5) is 0. The van der Waals surface area contributed by atoms with E-state index in [9.17, 15) is 13.2 Å². The molecule has 1 aliphatic rings. The summed E-state index contributed by atoms with van der Waals surface area (Å²) in [6.07, 6.45) is -2.47. The van der Waals surface area contributed by atoms with Gasteiger partial charge in [0.15, 0.2) is 0 Å². The van der Waals surface area contributed by atoms with Gasteiger partial charge < -0.3 is 14.8 Å². The van der Waals surface area contributed by atoms with Crippen molar-refractivity contribution in [3.63, 3.8) is 0 Å². The summed E-state index contributed by atoms with van der Waals surface area (Å²) in [5.41, 5.74) is 0. The van der Waals surface area contributed by atoms with Gasteiger partial charge in [0.25, 0.3) is 0 Å². The maximum Gasteiger partial charge on any atom is 0.573 e. The molecule has 20 heavy (non-hydrogen) atoms. The van der Waals surface area contributed by atoms with Crippen LogP contribution in [0.25, 0.3) is 0 Å². The van der Waals surface area contributed by atoms with Crippen LogP contribution in [0, 0.1) is 5.92 Å². The van der Waals surface area contributed by atoms with Gasteiger partial charge in [-0.25, -0.2) is 0 Å². The molecule has 1 heterocycles. The number of ether oxygens (including phenoxy) is 2. The lowest BCUT2D eigenvalue weighted by atomic mass is 10.0. The largest absolute Gasteiger partial charge is 0.573 e. The quantitative estimate of drug-likeness (QED) is 0.894. The fourth-order valence-electron chi connectivity index (χ4n) is 2.06. The van der Waals surface area contributed by atoms with Gasteiger partial charge in [0, 0.05) is 12.5 Å². The summed E-state index contributed by atoms with van der Waals surface area (Å²) in [7, 11) is 0. The molecule has 3 nitrogen and oxygen atoms in total. The summed E-state index contributed by atoms with van der Waals surface area (Å²) in [6.45, 7) is 2.50. The van der Waals surface area contributed by atoms with Crippen molar-refractivity contribution in [1.82, 2.24) is 5.32 Å². The molecule has 1 unspecified atom stereocenters. The molecule has 1 N–H and O–H groups in total. The minimum Gasteiger partial charge on any atom is -0.493 e. The van der Waals surface area contributed by atoms with E-state index in [1.165, 1.54) is 18.2 Å². The van der Waals surface area contributed by atoms with E-state index in [1.807, 2.05) is 0 Å². The van der Waals surface area contributed by atoms with Crippen LogP contribution in [0.5, 0.6) is 11.5 Å². The monoisotopic (exact) mass is 353 g/mol. The minimum absolute atomic E-state index is 0.217. The average Bonchev–Trinajstić information content (AvgIpc) is 2.39. The molecule has 1 aliphatic heterocycles. The van der Waals surface area contributed by atoms with Crippen LogP contribution in [0.4, 0.5) is 13.2 Å². The third-order valence-electron chi connectivity index (χ3n) is 3.01. The summed E-state index contributed by atoms with van der Waals surface area (Å²) in [5, 5.41) is 3.28. The molecule has 1 aromatic carbocycles. The number of piperidine rings is 1. The van der Waals surface area contributed by atoms with Crippen LogP contribution in [-0.4, -0.2) is 26.1 Å². The first-order chi connectivity index (χ1) is 9.44. The number of halogens is 4. The molecule has 1 fully saturated rings. The highest BCUT2D eigenvalue weighted by Gasteiger charge is 2.32. The zero-order valence-electron chi connectivity index (χ0n) is 10.7. The van der Waals surface area contributed by atoms with Gasteiger partial charge in [-0.3, -0.25) is 0 Å². The van der Waals surface area contributed by atoms with E-state index in [-0.39, 0.29) is 10.2 Å². The van der Waals surface area contributed by atoms with E-state index in [2.05, 4.69) is 26.0 Å². The highest BCUT2D eigenvalue weighted by molar-refractivity contribution is 9.10. The Morgan fingerprint density at radius 1 is 1.35 bits per heavy atom. The molecular formula is C13H15BrF3NO2. The van der Waals surface area contributed by atoms with Crippen molar-refractivity contribution in [3.05, 3.63) is 22.7 Å². The molecule has 1 aromatic rings. The topological polar surface area (TPSA) is 30.5 Å². The molecule has 0 radical (unpaired) electrons. The van der Waals surface area contributed by atoms with Crippen LogP contribution < -0.4 is 14.8 Å². The molecule has 0 bridgehead atoms.